The van der Waals surface area contributed by atoms with Crippen LogP contribution in [0.15, 0.2) is 47.6 Å². The molecule has 0 saturated carbocycles. The number of nitrogens with one attached hydrogen (secondary N) is 1. The first kappa shape index (κ1) is 11.3. The molecule has 2 aliphatic rings. The fourth-order valence-electron chi connectivity index (χ4n) is 2.31. The zero-order chi connectivity index (χ0) is 13.4. The summed E-state index contributed by atoms with van der Waals surface area (Å²) in [6, 6.07) is 13.2. The average Bonchev–Trinajstić information content (AvgIpc) is 2.41. The van der Waals surface area contributed by atoms with Gasteiger partial charge in [0.15, 0.2) is 0 Å². The van der Waals surface area contributed by atoms with E-state index in [9.17, 15) is 0 Å². The highest BCUT2D eigenvalue weighted by molar-refractivity contribution is 5.88. The topological polar surface area (TPSA) is 77.5 Å². The standard InChI is InChI=1S/C14H11N5/c1-19-13-7-11(15)4-2-9(13)6-10-3-5-12(17-18-16)8-14(10)19/h2-8,15H,1H3. The number of pyridine rings is 1. The molecule has 0 spiro atoms. The fourth-order valence-corrected chi connectivity index (χ4v) is 2.31. The quantitative estimate of drug-likeness (QED) is 0.295. The largest absolute Gasteiger partial charge is 0.344 e. The normalized spacial score (nSPS) is 10.6. The molecule has 1 aliphatic heterocycles. The lowest BCUT2D eigenvalue weighted by Gasteiger charge is -2.15. The summed E-state index contributed by atoms with van der Waals surface area (Å²) in [4.78, 5) is 2.80. The minimum atomic E-state index is 0.480. The Morgan fingerprint density at radius 2 is 2.00 bits per heavy atom. The molecule has 1 aromatic carbocycles. The van der Waals surface area contributed by atoms with Gasteiger partial charge in [0.1, 0.15) is 0 Å². The third kappa shape index (κ3) is 1.82. The van der Waals surface area contributed by atoms with E-state index in [1.165, 1.54) is 0 Å². The number of fused-ring (bicyclic) bond motifs is 2. The van der Waals surface area contributed by atoms with Gasteiger partial charge in [-0.25, -0.2) is 0 Å². The molecule has 0 radical (unpaired) electrons. The third-order valence-electron chi connectivity index (χ3n) is 3.24. The predicted molar refractivity (Wildman–Crippen MR) is 74.2 cm³/mol. The Kier molecular flexibility index (Phi) is 2.47. The Morgan fingerprint density at radius 3 is 2.79 bits per heavy atom. The van der Waals surface area contributed by atoms with E-state index in [0.29, 0.717) is 11.0 Å². The Bertz CT molecular complexity index is 855. The third-order valence-corrected chi connectivity index (χ3v) is 3.24. The molecule has 1 aliphatic carbocycles. The monoisotopic (exact) mass is 249 g/mol. The number of azide groups is 1. The van der Waals surface area contributed by atoms with Crippen LogP contribution in [0, 0.1) is 5.41 Å². The molecule has 0 bridgehead atoms. The summed E-state index contributed by atoms with van der Waals surface area (Å²) >= 11 is 0. The summed E-state index contributed by atoms with van der Waals surface area (Å²) in [5.41, 5.74) is 12.1. The number of rotatable bonds is 1. The van der Waals surface area contributed by atoms with Crippen LogP contribution in [0.25, 0.3) is 32.6 Å². The molecule has 0 fully saturated rings. The van der Waals surface area contributed by atoms with Gasteiger partial charge in [-0.2, -0.15) is 0 Å². The maximum absolute atomic E-state index is 8.50. The molecule has 0 saturated heterocycles. The van der Waals surface area contributed by atoms with Crippen LogP contribution in [-0.4, -0.2) is 4.57 Å². The maximum Gasteiger partial charge on any atom is 0.0561 e. The zero-order valence-corrected chi connectivity index (χ0v) is 10.3. The molecule has 0 unspecified atom stereocenters. The number of benzene rings is 2. The van der Waals surface area contributed by atoms with E-state index in [1.54, 1.807) is 12.1 Å². The minimum Gasteiger partial charge on any atom is -0.344 e. The van der Waals surface area contributed by atoms with Crippen molar-refractivity contribution < 1.29 is 0 Å². The molecular weight excluding hydrogens is 238 g/mol. The van der Waals surface area contributed by atoms with Crippen LogP contribution in [0.3, 0.4) is 0 Å². The summed E-state index contributed by atoms with van der Waals surface area (Å²) in [5.74, 6) is 0. The van der Waals surface area contributed by atoms with Gasteiger partial charge in [-0.1, -0.05) is 23.3 Å². The van der Waals surface area contributed by atoms with Gasteiger partial charge in [-0.3, -0.25) is 0 Å². The van der Waals surface area contributed by atoms with Crippen molar-refractivity contribution in [3.05, 3.63) is 58.3 Å². The molecule has 1 aromatic rings. The summed E-state index contributed by atoms with van der Waals surface area (Å²) in [7, 11) is 1.95. The van der Waals surface area contributed by atoms with E-state index in [2.05, 4.69) is 16.1 Å². The predicted octanol–water partition coefficient (Wildman–Crippen LogP) is 3.70. The Hall–Kier alpha value is -2.78. The van der Waals surface area contributed by atoms with Crippen molar-refractivity contribution in [1.29, 1.82) is 5.41 Å². The van der Waals surface area contributed by atoms with Gasteiger partial charge in [-0.15, -0.1) is 0 Å². The van der Waals surface area contributed by atoms with Gasteiger partial charge in [0, 0.05) is 23.2 Å². The first-order chi connectivity index (χ1) is 9.19. The molecule has 1 N–H and O–H groups in total. The van der Waals surface area contributed by atoms with E-state index in [0.717, 1.165) is 22.2 Å². The molecule has 5 heteroatoms. The summed E-state index contributed by atoms with van der Waals surface area (Å²) in [6.45, 7) is 0. The first-order valence-corrected chi connectivity index (χ1v) is 5.82. The van der Waals surface area contributed by atoms with Gasteiger partial charge < -0.3 is 9.98 Å². The molecule has 0 atom stereocenters. The molecular formula is C14H11N5. The van der Waals surface area contributed by atoms with Crippen molar-refractivity contribution in [2.45, 2.75) is 0 Å². The van der Waals surface area contributed by atoms with Crippen molar-refractivity contribution in [1.82, 2.24) is 4.57 Å². The zero-order valence-electron chi connectivity index (χ0n) is 10.3. The number of aromatic nitrogens is 1. The Labute approximate surface area is 109 Å². The van der Waals surface area contributed by atoms with E-state index < -0.39 is 0 Å². The first-order valence-electron chi connectivity index (χ1n) is 5.82. The second-order valence-electron chi connectivity index (χ2n) is 4.41. The molecule has 19 heavy (non-hydrogen) atoms. The highest BCUT2D eigenvalue weighted by Crippen LogP contribution is 2.28. The van der Waals surface area contributed by atoms with E-state index in [4.69, 9.17) is 10.9 Å². The van der Waals surface area contributed by atoms with E-state index in [1.807, 2.05) is 35.9 Å². The highest BCUT2D eigenvalue weighted by Gasteiger charge is 2.08. The van der Waals surface area contributed by atoms with Crippen LogP contribution in [0.1, 0.15) is 0 Å². The molecule has 1 heterocycles. The SMILES string of the molecule is Cn1c2cc(=N)ccc-2cc2ccc(N=[N+]=[N-])cc21. The van der Waals surface area contributed by atoms with Crippen LogP contribution < -0.4 is 5.36 Å². The van der Waals surface area contributed by atoms with Gasteiger partial charge in [-0.05, 0) is 40.7 Å². The second-order valence-corrected chi connectivity index (χ2v) is 4.41. The number of aryl methyl sites for hydroxylation is 1. The van der Waals surface area contributed by atoms with Gasteiger partial charge in [0.25, 0.3) is 0 Å². The van der Waals surface area contributed by atoms with E-state index >= 15 is 0 Å². The lowest BCUT2D eigenvalue weighted by molar-refractivity contribution is 0.957. The van der Waals surface area contributed by atoms with Crippen LogP contribution in [0.2, 0.25) is 0 Å². The number of hydrogen-bond acceptors (Lipinski definition) is 2. The van der Waals surface area contributed by atoms with Crippen molar-refractivity contribution >= 4 is 16.6 Å². The van der Waals surface area contributed by atoms with Crippen LogP contribution in [0.4, 0.5) is 5.69 Å². The van der Waals surface area contributed by atoms with Crippen molar-refractivity contribution in [2.24, 2.45) is 12.2 Å². The Balaban J connectivity index is 2.45. The average molecular weight is 249 g/mol. The summed E-state index contributed by atoms with van der Waals surface area (Å²) in [5, 5.41) is 12.9. The lowest BCUT2D eigenvalue weighted by Crippen LogP contribution is -2.05. The molecule has 92 valence electrons. The molecule has 3 rings (SSSR count). The van der Waals surface area contributed by atoms with Gasteiger partial charge >= 0.3 is 0 Å². The number of nitrogens with zero attached hydrogens (tertiary/aromatic N) is 4. The molecule has 0 amide bonds. The van der Waals surface area contributed by atoms with Crippen molar-refractivity contribution in [3.8, 4) is 11.3 Å². The maximum atomic E-state index is 8.50. The smallest absolute Gasteiger partial charge is 0.0561 e. The highest BCUT2D eigenvalue weighted by atomic mass is 15.1. The fraction of sp³-hybridized carbons (Fsp3) is 0.0714. The van der Waals surface area contributed by atoms with Crippen LogP contribution in [0.5, 0.6) is 0 Å². The molecule has 5 nitrogen and oxygen atoms in total. The van der Waals surface area contributed by atoms with E-state index in [-0.39, 0.29) is 0 Å². The van der Waals surface area contributed by atoms with Gasteiger partial charge in [0.05, 0.1) is 11.1 Å². The van der Waals surface area contributed by atoms with Crippen molar-refractivity contribution in [2.75, 3.05) is 0 Å². The molecule has 0 aromatic heterocycles. The van der Waals surface area contributed by atoms with Crippen LogP contribution in [-0.2, 0) is 7.05 Å². The van der Waals surface area contributed by atoms with Crippen molar-refractivity contribution in [3.63, 3.8) is 0 Å². The summed E-state index contributed by atoms with van der Waals surface area (Å²) in [6.07, 6.45) is 0. The van der Waals surface area contributed by atoms with Gasteiger partial charge in [0.2, 0.25) is 0 Å². The number of hydrogen-bond donors (Lipinski definition) is 1. The lowest BCUT2D eigenvalue weighted by atomic mass is 10.0. The summed E-state index contributed by atoms with van der Waals surface area (Å²) < 4.78 is 2.01. The second kappa shape index (κ2) is 4.15. The van der Waals surface area contributed by atoms with Crippen LogP contribution >= 0.6 is 0 Å². The minimum absolute atomic E-state index is 0.480. The Morgan fingerprint density at radius 1 is 1.16 bits per heavy atom.